The Bertz CT molecular complexity index is 490. The molecule has 1 unspecified atom stereocenters. The van der Waals surface area contributed by atoms with Crippen molar-refractivity contribution < 1.29 is 4.92 Å². The molecule has 1 aromatic carbocycles. The molecule has 1 atom stereocenters. The third-order valence-corrected chi connectivity index (χ3v) is 4.12. The Morgan fingerprint density at radius 3 is 2.90 bits per heavy atom. The molecular weight excluding hydrogens is 266 g/mol. The molecule has 21 heavy (non-hydrogen) atoms. The maximum absolute atomic E-state index is 11.5. The molecule has 5 nitrogen and oxygen atoms in total. The first-order valence-electron chi connectivity index (χ1n) is 7.89. The molecule has 1 aliphatic rings. The molecule has 0 aromatic heterocycles. The van der Waals surface area contributed by atoms with Crippen molar-refractivity contribution in [3.05, 3.63) is 28.3 Å². The lowest BCUT2D eigenvalue weighted by Gasteiger charge is -2.23. The van der Waals surface area contributed by atoms with Gasteiger partial charge in [0.1, 0.15) is 11.4 Å². The SMILES string of the molecule is CCCNc1cccc(N2CCCC(C)CC2)c1[N+](=O)[O-]. The summed E-state index contributed by atoms with van der Waals surface area (Å²) in [5.74, 6) is 0.704. The second-order valence-electron chi connectivity index (χ2n) is 5.88. The predicted molar refractivity (Wildman–Crippen MR) is 87.1 cm³/mol. The van der Waals surface area contributed by atoms with Crippen LogP contribution in [0.4, 0.5) is 17.1 Å². The van der Waals surface area contributed by atoms with Crippen LogP contribution in [0, 0.1) is 16.0 Å². The summed E-state index contributed by atoms with van der Waals surface area (Å²) in [6, 6.07) is 5.59. The van der Waals surface area contributed by atoms with E-state index in [0.29, 0.717) is 11.6 Å². The number of hydrogen-bond donors (Lipinski definition) is 1. The van der Waals surface area contributed by atoms with E-state index in [9.17, 15) is 10.1 Å². The molecule has 1 N–H and O–H groups in total. The standard InChI is InChI=1S/C16H25N3O2/c1-3-10-17-14-7-4-8-15(16(14)19(20)21)18-11-5-6-13(2)9-12-18/h4,7-8,13,17H,3,5-6,9-12H2,1-2H3. The van der Waals surface area contributed by atoms with E-state index < -0.39 is 0 Å². The summed E-state index contributed by atoms with van der Waals surface area (Å²) in [4.78, 5) is 13.5. The summed E-state index contributed by atoms with van der Waals surface area (Å²) in [7, 11) is 0. The van der Waals surface area contributed by atoms with Gasteiger partial charge in [0.15, 0.2) is 0 Å². The Labute approximate surface area is 126 Å². The van der Waals surface area contributed by atoms with Crippen molar-refractivity contribution in [2.75, 3.05) is 29.9 Å². The number of rotatable bonds is 5. The van der Waals surface area contributed by atoms with E-state index in [1.54, 1.807) is 6.07 Å². The Kier molecular flexibility index (Phi) is 5.42. The molecule has 0 saturated carbocycles. The molecule has 0 bridgehead atoms. The molecular formula is C16H25N3O2. The lowest BCUT2D eigenvalue weighted by molar-refractivity contribution is -0.383. The van der Waals surface area contributed by atoms with Gasteiger partial charge in [-0.15, -0.1) is 0 Å². The van der Waals surface area contributed by atoms with E-state index >= 15 is 0 Å². The monoisotopic (exact) mass is 291 g/mol. The molecule has 2 rings (SSSR count). The molecule has 1 aromatic rings. The van der Waals surface area contributed by atoms with Crippen LogP contribution >= 0.6 is 0 Å². The second kappa shape index (κ2) is 7.29. The minimum atomic E-state index is -0.248. The highest BCUT2D eigenvalue weighted by Crippen LogP contribution is 2.36. The van der Waals surface area contributed by atoms with Gasteiger partial charge < -0.3 is 10.2 Å². The van der Waals surface area contributed by atoms with Crippen molar-refractivity contribution in [3.63, 3.8) is 0 Å². The number of benzene rings is 1. The van der Waals surface area contributed by atoms with Gasteiger partial charge in [0.2, 0.25) is 0 Å². The molecule has 1 aliphatic heterocycles. The summed E-state index contributed by atoms with van der Waals surface area (Å²) in [5.41, 5.74) is 1.62. The second-order valence-corrected chi connectivity index (χ2v) is 5.88. The molecule has 0 aliphatic carbocycles. The number of nitrogens with zero attached hydrogens (tertiary/aromatic N) is 2. The summed E-state index contributed by atoms with van der Waals surface area (Å²) in [6.07, 6.45) is 4.36. The highest BCUT2D eigenvalue weighted by atomic mass is 16.6. The first-order chi connectivity index (χ1) is 10.1. The molecule has 1 heterocycles. The van der Waals surface area contributed by atoms with Crippen LogP contribution in [0.2, 0.25) is 0 Å². The van der Waals surface area contributed by atoms with Gasteiger partial charge in [0.25, 0.3) is 0 Å². The number of nitro groups is 1. The Morgan fingerprint density at radius 2 is 2.19 bits per heavy atom. The zero-order valence-electron chi connectivity index (χ0n) is 13.0. The van der Waals surface area contributed by atoms with Crippen molar-refractivity contribution in [2.24, 2.45) is 5.92 Å². The highest BCUT2D eigenvalue weighted by Gasteiger charge is 2.25. The molecule has 1 fully saturated rings. The van der Waals surface area contributed by atoms with Gasteiger partial charge >= 0.3 is 5.69 Å². The summed E-state index contributed by atoms with van der Waals surface area (Å²) >= 11 is 0. The lowest BCUT2D eigenvalue weighted by atomic mass is 10.0. The van der Waals surface area contributed by atoms with E-state index in [1.165, 1.54) is 6.42 Å². The van der Waals surface area contributed by atoms with Gasteiger partial charge in [-0.2, -0.15) is 0 Å². The predicted octanol–water partition coefficient (Wildman–Crippen LogP) is 4.04. The first-order valence-corrected chi connectivity index (χ1v) is 7.89. The van der Waals surface area contributed by atoms with Gasteiger partial charge in [0, 0.05) is 19.6 Å². The van der Waals surface area contributed by atoms with E-state index in [4.69, 9.17) is 0 Å². The van der Waals surface area contributed by atoms with Gasteiger partial charge in [-0.3, -0.25) is 10.1 Å². The molecule has 1 saturated heterocycles. The maximum atomic E-state index is 11.5. The average Bonchev–Trinajstić information content (AvgIpc) is 2.69. The Hall–Kier alpha value is -1.78. The quantitative estimate of drug-likeness (QED) is 0.657. The van der Waals surface area contributed by atoms with E-state index in [-0.39, 0.29) is 10.6 Å². The zero-order valence-corrected chi connectivity index (χ0v) is 13.0. The summed E-state index contributed by atoms with van der Waals surface area (Å²) < 4.78 is 0. The molecule has 0 radical (unpaired) electrons. The minimum Gasteiger partial charge on any atom is -0.379 e. The van der Waals surface area contributed by atoms with Crippen LogP contribution in [0.1, 0.15) is 39.5 Å². The highest BCUT2D eigenvalue weighted by molar-refractivity contribution is 5.77. The molecule has 5 heteroatoms. The molecule has 0 spiro atoms. The fourth-order valence-corrected chi connectivity index (χ4v) is 2.88. The topological polar surface area (TPSA) is 58.4 Å². The number of nitrogens with one attached hydrogen (secondary N) is 1. The number of nitro benzene ring substituents is 1. The van der Waals surface area contributed by atoms with Crippen molar-refractivity contribution in [3.8, 4) is 0 Å². The fraction of sp³-hybridized carbons (Fsp3) is 0.625. The number of para-hydroxylation sites is 1. The third-order valence-electron chi connectivity index (χ3n) is 4.12. The summed E-state index contributed by atoms with van der Waals surface area (Å²) in [6.45, 7) is 6.87. The Morgan fingerprint density at radius 1 is 1.38 bits per heavy atom. The fourth-order valence-electron chi connectivity index (χ4n) is 2.88. The smallest absolute Gasteiger partial charge is 0.315 e. The van der Waals surface area contributed by atoms with Crippen LogP contribution in [0.15, 0.2) is 18.2 Å². The van der Waals surface area contributed by atoms with Crippen LogP contribution in [0.3, 0.4) is 0 Å². The Balaban J connectivity index is 2.31. The van der Waals surface area contributed by atoms with Crippen LogP contribution in [0.25, 0.3) is 0 Å². The van der Waals surface area contributed by atoms with E-state index in [1.807, 2.05) is 12.1 Å². The maximum Gasteiger partial charge on any atom is 0.315 e. The summed E-state index contributed by atoms with van der Waals surface area (Å²) in [5, 5.41) is 14.7. The van der Waals surface area contributed by atoms with Crippen molar-refractivity contribution in [1.82, 2.24) is 0 Å². The first kappa shape index (κ1) is 15.6. The number of hydrogen-bond acceptors (Lipinski definition) is 4. The van der Waals surface area contributed by atoms with Crippen LogP contribution in [-0.4, -0.2) is 24.6 Å². The van der Waals surface area contributed by atoms with Crippen LogP contribution in [-0.2, 0) is 0 Å². The van der Waals surface area contributed by atoms with Gasteiger partial charge in [-0.05, 0) is 43.7 Å². The van der Waals surface area contributed by atoms with Crippen molar-refractivity contribution in [1.29, 1.82) is 0 Å². The third kappa shape index (κ3) is 3.86. The lowest BCUT2D eigenvalue weighted by Crippen LogP contribution is -2.25. The van der Waals surface area contributed by atoms with Crippen molar-refractivity contribution >= 4 is 17.1 Å². The van der Waals surface area contributed by atoms with Gasteiger partial charge in [-0.25, -0.2) is 0 Å². The van der Waals surface area contributed by atoms with E-state index in [2.05, 4.69) is 24.1 Å². The van der Waals surface area contributed by atoms with E-state index in [0.717, 1.165) is 44.6 Å². The van der Waals surface area contributed by atoms with Gasteiger partial charge in [-0.1, -0.05) is 19.9 Å². The van der Waals surface area contributed by atoms with Crippen LogP contribution < -0.4 is 10.2 Å². The van der Waals surface area contributed by atoms with Crippen LogP contribution in [0.5, 0.6) is 0 Å². The van der Waals surface area contributed by atoms with Crippen molar-refractivity contribution in [2.45, 2.75) is 39.5 Å². The minimum absolute atomic E-state index is 0.223. The number of anilines is 2. The molecule has 116 valence electrons. The molecule has 0 amide bonds. The largest absolute Gasteiger partial charge is 0.379 e. The average molecular weight is 291 g/mol. The van der Waals surface area contributed by atoms with Gasteiger partial charge in [0.05, 0.1) is 4.92 Å². The zero-order chi connectivity index (χ0) is 15.2. The normalized spacial score (nSPS) is 19.1.